The molecule has 3 nitrogen and oxygen atoms in total. The Morgan fingerprint density at radius 2 is 2.00 bits per heavy atom. The molecule has 0 radical (unpaired) electrons. The van der Waals surface area contributed by atoms with Crippen molar-refractivity contribution in [3.05, 3.63) is 29.6 Å². The SMILES string of the molecule is c1cc(CN2CCCCC2)ncc1CNC1CC1. The molecule has 0 unspecified atom stereocenters. The van der Waals surface area contributed by atoms with Gasteiger partial charge in [-0.15, -0.1) is 0 Å². The Hall–Kier alpha value is -0.930. The summed E-state index contributed by atoms with van der Waals surface area (Å²) in [5.41, 5.74) is 2.52. The van der Waals surface area contributed by atoms with Gasteiger partial charge in [0.25, 0.3) is 0 Å². The smallest absolute Gasteiger partial charge is 0.0544 e. The van der Waals surface area contributed by atoms with Gasteiger partial charge >= 0.3 is 0 Å². The molecule has 2 fully saturated rings. The molecule has 0 amide bonds. The van der Waals surface area contributed by atoms with Crippen LogP contribution in [-0.4, -0.2) is 29.0 Å². The summed E-state index contributed by atoms with van der Waals surface area (Å²) >= 11 is 0. The molecule has 98 valence electrons. The van der Waals surface area contributed by atoms with Crippen molar-refractivity contribution >= 4 is 0 Å². The maximum absolute atomic E-state index is 4.59. The maximum atomic E-state index is 4.59. The first-order valence-corrected chi connectivity index (χ1v) is 7.30. The van der Waals surface area contributed by atoms with E-state index < -0.39 is 0 Å². The summed E-state index contributed by atoms with van der Waals surface area (Å²) in [4.78, 5) is 7.11. The van der Waals surface area contributed by atoms with E-state index in [9.17, 15) is 0 Å². The Balaban J connectivity index is 1.49. The minimum absolute atomic E-state index is 0.776. The molecule has 1 N–H and O–H groups in total. The Labute approximate surface area is 110 Å². The standard InChI is InChI=1S/C15H23N3/c1-2-8-18(9-3-1)12-15-5-4-13(11-17-15)10-16-14-6-7-14/h4-5,11,14,16H,1-3,6-10,12H2. The molecule has 3 heteroatoms. The van der Waals surface area contributed by atoms with Gasteiger partial charge in [0.2, 0.25) is 0 Å². The number of hydrogen-bond acceptors (Lipinski definition) is 3. The third-order valence-electron chi connectivity index (χ3n) is 3.89. The number of likely N-dealkylation sites (tertiary alicyclic amines) is 1. The quantitative estimate of drug-likeness (QED) is 0.863. The molecule has 2 heterocycles. The van der Waals surface area contributed by atoms with Crippen molar-refractivity contribution in [2.45, 2.75) is 51.2 Å². The van der Waals surface area contributed by atoms with Crippen LogP contribution >= 0.6 is 0 Å². The molecule has 1 saturated carbocycles. The van der Waals surface area contributed by atoms with Crippen LogP contribution in [0.2, 0.25) is 0 Å². The van der Waals surface area contributed by atoms with Crippen LogP contribution in [0, 0.1) is 0 Å². The molecule has 1 aromatic rings. The fraction of sp³-hybridized carbons (Fsp3) is 0.667. The summed E-state index contributed by atoms with van der Waals surface area (Å²) < 4.78 is 0. The lowest BCUT2D eigenvalue weighted by Gasteiger charge is -2.25. The molecule has 2 aliphatic rings. The summed E-state index contributed by atoms with van der Waals surface area (Å²) in [6, 6.07) is 5.19. The molecule has 3 rings (SSSR count). The van der Waals surface area contributed by atoms with E-state index in [2.05, 4.69) is 27.3 Å². The highest BCUT2D eigenvalue weighted by atomic mass is 15.1. The van der Waals surface area contributed by atoms with E-state index in [0.717, 1.165) is 19.1 Å². The summed E-state index contributed by atoms with van der Waals surface area (Å²) in [7, 11) is 0. The van der Waals surface area contributed by atoms with Gasteiger partial charge in [0.1, 0.15) is 0 Å². The van der Waals surface area contributed by atoms with Gasteiger partial charge in [-0.05, 0) is 50.4 Å². The number of nitrogens with zero attached hydrogens (tertiary/aromatic N) is 2. The van der Waals surface area contributed by atoms with E-state index in [1.807, 2.05) is 6.20 Å². The molecular weight excluding hydrogens is 222 g/mol. The second-order valence-electron chi connectivity index (χ2n) is 5.65. The van der Waals surface area contributed by atoms with E-state index in [4.69, 9.17) is 0 Å². The molecule has 0 atom stereocenters. The van der Waals surface area contributed by atoms with Crippen LogP contribution in [-0.2, 0) is 13.1 Å². The molecule has 1 aliphatic heterocycles. The summed E-state index contributed by atoms with van der Waals surface area (Å²) in [6.45, 7) is 4.48. The van der Waals surface area contributed by atoms with Crippen LogP contribution in [0.3, 0.4) is 0 Å². The molecule has 18 heavy (non-hydrogen) atoms. The van der Waals surface area contributed by atoms with Crippen LogP contribution in [0.25, 0.3) is 0 Å². The molecule has 1 aliphatic carbocycles. The summed E-state index contributed by atoms with van der Waals surface area (Å²) in [5.74, 6) is 0. The van der Waals surface area contributed by atoms with Gasteiger partial charge in [0.15, 0.2) is 0 Å². The van der Waals surface area contributed by atoms with Crippen LogP contribution in [0.15, 0.2) is 18.3 Å². The highest BCUT2D eigenvalue weighted by Gasteiger charge is 2.19. The largest absolute Gasteiger partial charge is 0.310 e. The predicted octanol–water partition coefficient (Wildman–Crippen LogP) is 2.32. The van der Waals surface area contributed by atoms with Gasteiger partial charge in [-0.1, -0.05) is 12.5 Å². The van der Waals surface area contributed by atoms with Gasteiger partial charge < -0.3 is 5.32 Å². The van der Waals surface area contributed by atoms with Crippen LogP contribution < -0.4 is 5.32 Å². The first-order valence-electron chi connectivity index (χ1n) is 7.30. The van der Waals surface area contributed by atoms with Crippen LogP contribution in [0.4, 0.5) is 0 Å². The Morgan fingerprint density at radius 1 is 1.17 bits per heavy atom. The zero-order valence-corrected chi connectivity index (χ0v) is 11.1. The molecule has 0 spiro atoms. The van der Waals surface area contributed by atoms with Crippen molar-refractivity contribution < 1.29 is 0 Å². The number of nitrogens with one attached hydrogen (secondary N) is 1. The Kier molecular flexibility index (Phi) is 3.91. The van der Waals surface area contributed by atoms with E-state index >= 15 is 0 Å². The Bertz CT molecular complexity index is 364. The zero-order chi connectivity index (χ0) is 12.2. The summed E-state index contributed by atoms with van der Waals surface area (Å²) in [5, 5.41) is 3.52. The van der Waals surface area contributed by atoms with Crippen LogP contribution in [0.5, 0.6) is 0 Å². The number of pyridine rings is 1. The number of aromatic nitrogens is 1. The molecule has 0 aromatic carbocycles. The van der Waals surface area contributed by atoms with Crippen molar-refractivity contribution in [2.24, 2.45) is 0 Å². The van der Waals surface area contributed by atoms with E-state index in [1.165, 1.54) is 56.5 Å². The molecule has 1 saturated heterocycles. The van der Waals surface area contributed by atoms with Gasteiger partial charge in [-0.2, -0.15) is 0 Å². The summed E-state index contributed by atoms with van der Waals surface area (Å²) in [6.07, 6.45) is 8.83. The number of piperidine rings is 1. The van der Waals surface area contributed by atoms with Crippen LogP contribution in [0.1, 0.15) is 43.4 Å². The highest BCUT2D eigenvalue weighted by Crippen LogP contribution is 2.19. The topological polar surface area (TPSA) is 28.2 Å². The van der Waals surface area contributed by atoms with Crippen molar-refractivity contribution in [1.82, 2.24) is 15.2 Å². The first-order chi connectivity index (χ1) is 8.90. The molecule has 1 aromatic heterocycles. The first kappa shape index (κ1) is 12.1. The predicted molar refractivity (Wildman–Crippen MR) is 73.2 cm³/mol. The van der Waals surface area contributed by atoms with Crippen molar-refractivity contribution in [3.63, 3.8) is 0 Å². The average Bonchev–Trinajstić information content (AvgIpc) is 3.23. The average molecular weight is 245 g/mol. The fourth-order valence-corrected chi connectivity index (χ4v) is 2.55. The number of hydrogen-bond donors (Lipinski definition) is 1. The number of rotatable bonds is 5. The maximum Gasteiger partial charge on any atom is 0.0544 e. The van der Waals surface area contributed by atoms with Gasteiger partial charge in [-0.3, -0.25) is 9.88 Å². The Morgan fingerprint density at radius 3 is 2.67 bits per heavy atom. The van der Waals surface area contributed by atoms with E-state index in [-0.39, 0.29) is 0 Å². The lowest BCUT2D eigenvalue weighted by Crippen LogP contribution is -2.29. The minimum atomic E-state index is 0.776. The monoisotopic (exact) mass is 245 g/mol. The fourth-order valence-electron chi connectivity index (χ4n) is 2.55. The van der Waals surface area contributed by atoms with Gasteiger partial charge in [0.05, 0.1) is 5.69 Å². The lowest BCUT2D eigenvalue weighted by atomic mass is 10.1. The normalized spacial score (nSPS) is 21.1. The van der Waals surface area contributed by atoms with Gasteiger partial charge in [0, 0.05) is 25.3 Å². The zero-order valence-electron chi connectivity index (χ0n) is 11.1. The van der Waals surface area contributed by atoms with Crippen molar-refractivity contribution in [2.75, 3.05) is 13.1 Å². The molecule has 0 bridgehead atoms. The van der Waals surface area contributed by atoms with Crippen molar-refractivity contribution in [3.8, 4) is 0 Å². The third-order valence-corrected chi connectivity index (χ3v) is 3.89. The minimum Gasteiger partial charge on any atom is -0.310 e. The molecular formula is C15H23N3. The second-order valence-corrected chi connectivity index (χ2v) is 5.65. The third kappa shape index (κ3) is 3.53. The van der Waals surface area contributed by atoms with Crippen molar-refractivity contribution in [1.29, 1.82) is 0 Å². The highest BCUT2D eigenvalue weighted by molar-refractivity contribution is 5.14. The van der Waals surface area contributed by atoms with E-state index in [0.29, 0.717) is 0 Å². The van der Waals surface area contributed by atoms with E-state index in [1.54, 1.807) is 0 Å². The van der Waals surface area contributed by atoms with Gasteiger partial charge in [-0.25, -0.2) is 0 Å². The lowest BCUT2D eigenvalue weighted by molar-refractivity contribution is 0.218. The second kappa shape index (κ2) is 5.81.